The van der Waals surface area contributed by atoms with Crippen molar-refractivity contribution in [1.82, 2.24) is 5.32 Å². The standard InChI is InChI=1S/C15H22BrNO/c1-3-4-11-10-17-8-7-13(11)14-6-5-12(18-2)9-15(14)16/h5-6,9,11,13,17H,3-4,7-8,10H2,1-2H3. The van der Waals surface area contributed by atoms with Gasteiger partial charge in [-0.3, -0.25) is 0 Å². The number of hydrogen-bond donors (Lipinski definition) is 1. The molecule has 3 heteroatoms. The number of hydrogen-bond acceptors (Lipinski definition) is 2. The Bertz CT molecular complexity index is 392. The van der Waals surface area contributed by atoms with Gasteiger partial charge in [0.25, 0.3) is 0 Å². The van der Waals surface area contributed by atoms with E-state index >= 15 is 0 Å². The van der Waals surface area contributed by atoms with Gasteiger partial charge in [0, 0.05) is 4.47 Å². The molecule has 0 saturated carbocycles. The second kappa shape index (κ2) is 6.58. The third kappa shape index (κ3) is 3.07. The molecule has 1 heterocycles. The number of methoxy groups -OCH3 is 1. The zero-order chi connectivity index (χ0) is 13.0. The minimum absolute atomic E-state index is 0.673. The van der Waals surface area contributed by atoms with Crippen LogP contribution in [0.5, 0.6) is 5.75 Å². The van der Waals surface area contributed by atoms with Gasteiger partial charge in [0.15, 0.2) is 0 Å². The fourth-order valence-corrected chi connectivity index (χ4v) is 3.59. The molecule has 1 aliphatic heterocycles. The molecule has 0 aromatic heterocycles. The average molecular weight is 312 g/mol. The Kier molecular flexibility index (Phi) is 5.07. The number of benzene rings is 1. The van der Waals surface area contributed by atoms with Gasteiger partial charge in [-0.1, -0.05) is 35.3 Å². The fourth-order valence-electron chi connectivity index (χ4n) is 2.94. The van der Waals surface area contributed by atoms with Crippen molar-refractivity contribution in [3.8, 4) is 5.75 Å². The lowest BCUT2D eigenvalue weighted by Gasteiger charge is -2.33. The summed E-state index contributed by atoms with van der Waals surface area (Å²) in [7, 11) is 1.71. The molecule has 1 aliphatic rings. The monoisotopic (exact) mass is 311 g/mol. The van der Waals surface area contributed by atoms with Crippen molar-refractivity contribution < 1.29 is 4.74 Å². The molecule has 0 aliphatic carbocycles. The second-order valence-electron chi connectivity index (χ2n) is 5.04. The van der Waals surface area contributed by atoms with Crippen molar-refractivity contribution in [2.75, 3.05) is 20.2 Å². The number of halogens is 1. The molecule has 0 bridgehead atoms. The molecule has 18 heavy (non-hydrogen) atoms. The van der Waals surface area contributed by atoms with Crippen LogP contribution in [0.25, 0.3) is 0 Å². The fraction of sp³-hybridized carbons (Fsp3) is 0.600. The van der Waals surface area contributed by atoms with Crippen molar-refractivity contribution in [3.63, 3.8) is 0 Å². The third-order valence-electron chi connectivity index (χ3n) is 3.87. The summed E-state index contributed by atoms with van der Waals surface area (Å²) in [6, 6.07) is 6.38. The highest BCUT2D eigenvalue weighted by atomic mass is 79.9. The highest BCUT2D eigenvalue weighted by Crippen LogP contribution is 2.38. The van der Waals surface area contributed by atoms with Gasteiger partial charge in [-0.15, -0.1) is 0 Å². The lowest BCUT2D eigenvalue weighted by molar-refractivity contribution is 0.306. The smallest absolute Gasteiger partial charge is 0.120 e. The number of rotatable bonds is 4. The molecule has 1 aromatic rings. The van der Waals surface area contributed by atoms with Gasteiger partial charge in [0.1, 0.15) is 5.75 Å². The average Bonchev–Trinajstić information content (AvgIpc) is 2.40. The molecular weight excluding hydrogens is 290 g/mol. The van der Waals surface area contributed by atoms with Crippen molar-refractivity contribution in [3.05, 3.63) is 28.2 Å². The van der Waals surface area contributed by atoms with Crippen LogP contribution in [-0.4, -0.2) is 20.2 Å². The first-order chi connectivity index (χ1) is 8.76. The van der Waals surface area contributed by atoms with Crippen LogP contribution in [0.1, 0.15) is 37.7 Å². The van der Waals surface area contributed by atoms with Crippen LogP contribution in [0.3, 0.4) is 0 Å². The van der Waals surface area contributed by atoms with Crippen molar-refractivity contribution >= 4 is 15.9 Å². The summed E-state index contributed by atoms with van der Waals surface area (Å²) < 4.78 is 6.46. The number of nitrogens with one attached hydrogen (secondary N) is 1. The largest absolute Gasteiger partial charge is 0.497 e. The number of ether oxygens (including phenoxy) is 1. The van der Waals surface area contributed by atoms with Crippen molar-refractivity contribution in [2.45, 2.75) is 32.1 Å². The third-order valence-corrected chi connectivity index (χ3v) is 4.56. The van der Waals surface area contributed by atoms with E-state index in [0.29, 0.717) is 5.92 Å². The Morgan fingerprint density at radius 3 is 2.94 bits per heavy atom. The molecule has 1 N–H and O–H groups in total. The lowest BCUT2D eigenvalue weighted by Crippen LogP contribution is -2.35. The summed E-state index contributed by atoms with van der Waals surface area (Å²) in [5, 5.41) is 3.52. The van der Waals surface area contributed by atoms with Crippen LogP contribution in [0.15, 0.2) is 22.7 Å². The Morgan fingerprint density at radius 2 is 2.28 bits per heavy atom. The summed E-state index contributed by atoms with van der Waals surface area (Å²) in [4.78, 5) is 0. The van der Waals surface area contributed by atoms with Gasteiger partial charge >= 0.3 is 0 Å². The molecule has 0 amide bonds. The molecule has 0 spiro atoms. The Labute approximate surface area is 118 Å². The molecule has 1 saturated heterocycles. The van der Waals surface area contributed by atoms with Crippen LogP contribution in [0.2, 0.25) is 0 Å². The van der Waals surface area contributed by atoms with Gasteiger partial charge in [-0.05, 0) is 55.5 Å². The minimum Gasteiger partial charge on any atom is -0.497 e. The van der Waals surface area contributed by atoms with Crippen LogP contribution >= 0.6 is 15.9 Å². The quantitative estimate of drug-likeness (QED) is 0.909. The van der Waals surface area contributed by atoms with E-state index < -0.39 is 0 Å². The summed E-state index contributed by atoms with van der Waals surface area (Å²) in [6.07, 6.45) is 3.79. The van der Waals surface area contributed by atoms with Crippen LogP contribution in [-0.2, 0) is 0 Å². The van der Waals surface area contributed by atoms with Gasteiger partial charge in [0.2, 0.25) is 0 Å². The molecule has 1 fully saturated rings. The van der Waals surface area contributed by atoms with E-state index in [-0.39, 0.29) is 0 Å². The molecule has 2 nitrogen and oxygen atoms in total. The van der Waals surface area contributed by atoms with Gasteiger partial charge in [0.05, 0.1) is 7.11 Å². The first-order valence-electron chi connectivity index (χ1n) is 6.80. The van der Waals surface area contributed by atoms with E-state index in [2.05, 4.69) is 46.4 Å². The molecule has 2 rings (SSSR count). The summed E-state index contributed by atoms with van der Waals surface area (Å²) in [5.74, 6) is 2.35. The van der Waals surface area contributed by atoms with E-state index in [1.165, 1.54) is 29.3 Å². The van der Waals surface area contributed by atoms with E-state index in [4.69, 9.17) is 4.74 Å². The maximum absolute atomic E-state index is 5.27. The van der Waals surface area contributed by atoms with Crippen LogP contribution < -0.4 is 10.1 Å². The first kappa shape index (κ1) is 13.9. The molecule has 2 atom stereocenters. The Hall–Kier alpha value is -0.540. The zero-order valence-electron chi connectivity index (χ0n) is 11.2. The number of piperidine rings is 1. The van der Waals surface area contributed by atoms with Crippen LogP contribution in [0, 0.1) is 5.92 Å². The maximum Gasteiger partial charge on any atom is 0.120 e. The van der Waals surface area contributed by atoms with Crippen LogP contribution in [0.4, 0.5) is 0 Å². The Balaban J connectivity index is 2.22. The summed E-state index contributed by atoms with van der Waals surface area (Å²) in [5.41, 5.74) is 1.44. The normalized spacial score (nSPS) is 23.9. The van der Waals surface area contributed by atoms with Gasteiger partial charge in [-0.2, -0.15) is 0 Å². The van der Waals surface area contributed by atoms with E-state index in [9.17, 15) is 0 Å². The predicted octanol–water partition coefficient (Wildman–Crippen LogP) is 3.95. The summed E-state index contributed by atoms with van der Waals surface area (Å²) >= 11 is 3.70. The van der Waals surface area contributed by atoms with Crippen molar-refractivity contribution in [1.29, 1.82) is 0 Å². The Morgan fingerprint density at radius 1 is 1.44 bits per heavy atom. The zero-order valence-corrected chi connectivity index (χ0v) is 12.8. The van der Waals surface area contributed by atoms with Crippen molar-refractivity contribution in [2.24, 2.45) is 5.92 Å². The predicted molar refractivity (Wildman–Crippen MR) is 79.3 cm³/mol. The van der Waals surface area contributed by atoms with Gasteiger partial charge < -0.3 is 10.1 Å². The van der Waals surface area contributed by atoms with Gasteiger partial charge in [-0.25, -0.2) is 0 Å². The summed E-state index contributed by atoms with van der Waals surface area (Å²) in [6.45, 7) is 4.55. The lowest BCUT2D eigenvalue weighted by atomic mass is 9.79. The highest BCUT2D eigenvalue weighted by Gasteiger charge is 2.27. The minimum atomic E-state index is 0.673. The maximum atomic E-state index is 5.27. The topological polar surface area (TPSA) is 21.3 Å². The molecule has 1 aromatic carbocycles. The van der Waals surface area contributed by atoms with E-state index in [1.807, 2.05) is 0 Å². The molecule has 100 valence electrons. The van der Waals surface area contributed by atoms with E-state index in [1.54, 1.807) is 7.11 Å². The van der Waals surface area contributed by atoms with E-state index in [0.717, 1.165) is 24.8 Å². The molecule has 0 radical (unpaired) electrons. The second-order valence-corrected chi connectivity index (χ2v) is 5.89. The SMILES string of the molecule is CCCC1CNCCC1c1ccc(OC)cc1Br. The molecule has 2 unspecified atom stereocenters. The molecular formula is C15H22BrNO. The highest BCUT2D eigenvalue weighted by molar-refractivity contribution is 9.10. The first-order valence-corrected chi connectivity index (χ1v) is 7.59.